The van der Waals surface area contributed by atoms with E-state index in [4.69, 9.17) is 11.5 Å². The van der Waals surface area contributed by atoms with E-state index in [0.29, 0.717) is 22.7 Å². The third-order valence-electron chi connectivity index (χ3n) is 4.81. The molecule has 2 fully saturated rings. The van der Waals surface area contributed by atoms with Crippen LogP contribution < -0.4 is 11.5 Å². The van der Waals surface area contributed by atoms with Crippen LogP contribution in [-0.4, -0.2) is 27.5 Å². The van der Waals surface area contributed by atoms with Crippen LogP contribution >= 0.6 is 0 Å². The van der Waals surface area contributed by atoms with Crippen LogP contribution in [0.25, 0.3) is 0 Å². The molecule has 5 nitrogen and oxygen atoms in total. The fourth-order valence-electron chi connectivity index (χ4n) is 4.54. The molecule has 1 aromatic heterocycles. The standard InChI is InChI=1S/C15H25N5/c1-14(2)4-11-5-15(3,8-14)9-20(11)7-10-6-18-13(17)19-12(10)16/h6,11H,4-5,7-9H2,1-3H3,(H4,16,17,18,19). The van der Waals surface area contributed by atoms with Crippen molar-refractivity contribution in [1.82, 2.24) is 14.9 Å². The van der Waals surface area contributed by atoms with Crippen molar-refractivity contribution in [2.45, 2.75) is 52.6 Å². The number of anilines is 2. The van der Waals surface area contributed by atoms with Crippen LogP contribution in [-0.2, 0) is 6.54 Å². The summed E-state index contributed by atoms with van der Waals surface area (Å²) in [5.74, 6) is 0.767. The van der Waals surface area contributed by atoms with Gasteiger partial charge in [0.15, 0.2) is 0 Å². The molecule has 2 unspecified atom stereocenters. The average molecular weight is 275 g/mol. The molecule has 1 aromatic rings. The minimum atomic E-state index is 0.250. The molecule has 0 radical (unpaired) electrons. The first-order valence-electron chi connectivity index (χ1n) is 7.37. The Bertz CT molecular complexity index is 527. The van der Waals surface area contributed by atoms with Crippen molar-refractivity contribution in [2.75, 3.05) is 18.0 Å². The normalized spacial score (nSPS) is 32.5. The molecule has 2 atom stereocenters. The van der Waals surface area contributed by atoms with E-state index in [2.05, 4.69) is 35.6 Å². The van der Waals surface area contributed by atoms with Crippen LogP contribution in [0, 0.1) is 10.8 Å². The first-order chi connectivity index (χ1) is 9.26. The van der Waals surface area contributed by atoms with Gasteiger partial charge in [0.25, 0.3) is 0 Å². The second kappa shape index (κ2) is 4.32. The zero-order valence-corrected chi connectivity index (χ0v) is 12.7. The van der Waals surface area contributed by atoms with Crippen molar-refractivity contribution in [2.24, 2.45) is 10.8 Å². The van der Waals surface area contributed by atoms with Gasteiger partial charge in [-0.25, -0.2) is 4.98 Å². The van der Waals surface area contributed by atoms with Gasteiger partial charge >= 0.3 is 0 Å². The second-order valence-corrected chi connectivity index (χ2v) is 7.76. The number of nitrogens with zero attached hydrogens (tertiary/aromatic N) is 3. The van der Waals surface area contributed by atoms with Crippen LogP contribution in [0.3, 0.4) is 0 Å². The van der Waals surface area contributed by atoms with Gasteiger partial charge in [-0.3, -0.25) is 4.90 Å². The van der Waals surface area contributed by atoms with Crippen molar-refractivity contribution in [3.05, 3.63) is 11.8 Å². The minimum Gasteiger partial charge on any atom is -0.383 e. The molecule has 1 saturated carbocycles. The Morgan fingerprint density at radius 3 is 2.75 bits per heavy atom. The average Bonchev–Trinajstić information content (AvgIpc) is 2.51. The Morgan fingerprint density at radius 2 is 2.05 bits per heavy atom. The highest BCUT2D eigenvalue weighted by Gasteiger charge is 2.49. The summed E-state index contributed by atoms with van der Waals surface area (Å²) in [5, 5.41) is 0. The van der Waals surface area contributed by atoms with Crippen LogP contribution in [0.4, 0.5) is 11.8 Å². The highest BCUT2D eigenvalue weighted by atomic mass is 15.2. The van der Waals surface area contributed by atoms with E-state index in [1.54, 1.807) is 6.20 Å². The number of fused-ring (bicyclic) bond motifs is 2. The van der Waals surface area contributed by atoms with Gasteiger partial charge in [0.1, 0.15) is 5.82 Å². The summed E-state index contributed by atoms with van der Waals surface area (Å²) < 4.78 is 0. The number of aromatic nitrogens is 2. The lowest BCUT2D eigenvalue weighted by Crippen LogP contribution is -2.34. The van der Waals surface area contributed by atoms with E-state index >= 15 is 0 Å². The van der Waals surface area contributed by atoms with Crippen molar-refractivity contribution in [3.8, 4) is 0 Å². The maximum absolute atomic E-state index is 5.97. The molecule has 0 aromatic carbocycles. The molecule has 0 spiro atoms. The van der Waals surface area contributed by atoms with Gasteiger partial charge in [0.2, 0.25) is 5.95 Å². The smallest absolute Gasteiger partial charge is 0.221 e. The molecule has 1 aliphatic carbocycles. The topological polar surface area (TPSA) is 81.1 Å². The van der Waals surface area contributed by atoms with Crippen molar-refractivity contribution >= 4 is 11.8 Å². The second-order valence-electron chi connectivity index (χ2n) is 7.76. The fourth-order valence-corrected chi connectivity index (χ4v) is 4.54. The summed E-state index contributed by atoms with van der Waals surface area (Å²) in [4.78, 5) is 10.7. The lowest BCUT2D eigenvalue weighted by molar-refractivity contribution is 0.126. The first kappa shape index (κ1) is 13.6. The SMILES string of the molecule is CC1(C)CC2CC(C)(CN2Cc2cnc(N)nc2N)C1. The van der Waals surface area contributed by atoms with Gasteiger partial charge < -0.3 is 11.5 Å². The largest absolute Gasteiger partial charge is 0.383 e. The third-order valence-corrected chi connectivity index (χ3v) is 4.81. The Hall–Kier alpha value is -1.36. The van der Waals surface area contributed by atoms with E-state index in [9.17, 15) is 0 Å². The molecule has 20 heavy (non-hydrogen) atoms. The van der Waals surface area contributed by atoms with Gasteiger partial charge in [0, 0.05) is 30.9 Å². The van der Waals surface area contributed by atoms with Crippen LogP contribution in [0.1, 0.15) is 45.6 Å². The Balaban J connectivity index is 1.79. The Labute approximate surface area is 120 Å². The van der Waals surface area contributed by atoms with Crippen LogP contribution in [0.2, 0.25) is 0 Å². The molecule has 3 rings (SSSR count). The molecule has 0 amide bonds. The van der Waals surface area contributed by atoms with E-state index < -0.39 is 0 Å². The number of rotatable bonds is 2. The first-order valence-corrected chi connectivity index (χ1v) is 7.37. The van der Waals surface area contributed by atoms with Gasteiger partial charge in [0.05, 0.1) is 0 Å². The predicted molar refractivity (Wildman–Crippen MR) is 80.8 cm³/mol. The van der Waals surface area contributed by atoms with Gasteiger partial charge in [-0.1, -0.05) is 20.8 Å². The Kier molecular flexibility index (Phi) is 2.94. The maximum atomic E-state index is 5.97. The molecule has 2 heterocycles. The number of hydrogen-bond acceptors (Lipinski definition) is 5. The number of hydrogen-bond donors (Lipinski definition) is 2. The van der Waals surface area contributed by atoms with Gasteiger partial charge in [-0.2, -0.15) is 4.98 Å². The quantitative estimate of drug-likeness (QED) is 0.863. The zero-order chi connectivity index (χ0) is 14.5. The van der Waals surface area contributed by atoms with Crippen molar-refractivity contribution < 1.29 is 0 Å². The predicted octanol–water partition coefficient (Wildman–Crippen LogP) is 2.04. The molecule has 1 saturated heterocycles. The zero-order valence-electron chi connectivity index (χ0n) is 12.7. The monoisotopic (exact) mass is 275 g/mol. The van der Waals surface area contributed by atoms with Gasteiger partial charge in [-0.15, -0.1) is 0 Å². The van der Waals surface area contributed by atoms with Crippen LogP contribution in [0.5, 0.6) is 0 Å². The summed E-state index contributed by atoms with van der Waals surface area (Å²) >= 11 is 0. The summed E-state index contributed by atoms with van der Waals surface area (Å²) in [7, 11) is 0. The molecule has 4 N–H and O–H groups in total. The molecule has 2 bridgehead atoms. The fraction of sp³-hybridized carbons (Fsp3) is 0.733. The molecule has 110 valence electrons. The molecule has 1 aliphatic heterocycles. The molecular weight excluding hydrogens is 250 g/mol. The molecule has 2 aliphatic rings. The lowest BCUT2D eigenvalue weighted by atomic mass is 9.65. The lowest BCUT2D eigenvalue weighted by Gasteiger charge is -2.40. The summed E-state index contributed by atoms with van der Waals surface area (Å²) in [6.45, 7) is 9.18. The summed E-state index contributed by atoms with van der Waals surface area (Å²) in [6.07, 6.45) is 5.64. The van der Waals surface area contributed by atoms with Crippen molar-refractivity contribution in [1.29, 1.82) is 0 Å². The van der Waals surface area contributed by atoms with Crippen molar-refractivity contribution in [3.63, 3.8) is 0 Å². The van der Waals surface area contributed by atoms with E-state index in [-0.39, 0.29) is 5.95 Å². The van der Waals surface area contributed by atoms with E-state index in [1.807, 2.05) is 0 Å². The molecular formula is C15H25N5. The molecule has 5 heteroatoms. The number of nitrogen functional groups attached to an aromatic ring is 2. The highest BCUT2D eigenvalue weighted by molar-refractivity contribution is 5.41. The van der Waals surface area contributed by atoms with Gasteiger partial charge in [-0.05, 0) is 30.1 Å². The highest BCUT2D eigenvalue weighted by Crippen LogP contribution is 2.52. The van der Waals surface area contributed by atoms with E-state index in [0.717, 1.165) is 18.7 Å². The third kappa shape index (κ3) is 2.46. The number of likely N-dealkylation sites (tertiary alicyclic amines) is 1. The van der Waals surface area contributed by atoms with E-state index in [1.165, 1.54) is 19.3 Å². The van der Waals surface area contributed by atoms with Crippen LogP contribution in [0.15, 0.2) is 6.20 Å². The summed E-state index contributed by atoms with van der Waals surface area (Å²) in [6, 6.07) is 0.653. The minimum absolute atomic E-state index is 0.250. The maximum Gasteiger partial charge on any atom is 0.221 e. The summed E-state index contributed by atoms with van der Waals surface area (Å²) in [5.41, 5.74) is 13.4. The number of nitrogens with two attached hydrogens (primary N) is 2. The Morgan fingerprint density at radius 1 is 1.30 bits per heavy atom.